The monoisotopic (exact) mass is 347 g/mol. The van der Waals surface area contributed by atoms with E-state index < -0.39 is 11.4 Å². The van der Waals surface area contributed by atoms with Crippen molar-refractivity contribution < 1.29 is 9.35 Å². The summed E-state index contributed by atoms with van der Waals surface area (Å²) in [6, 6.07) is 15.5. The van der Waals surface area contributed by atoms with E-state index in [1.807, 2.05) is 69.3 Å². The summed E-state index contributed by atoms with van der Waals surface area (Å²) in [6.07, 6.45) is 0.873. The zero-order chi connectivity index (χ0) is 16.9. The van der Waals surface area contributed by atoms with Gasteiger partial charge in [0.05, 0.1) is 6.54 Å². The lowest BCUT2D eigenvalue weighted by molar-refractivity contribution is 0.112. The van der Waals surface area contributed by atoms with Crippen molar-refractivity contribution in [1.29, 1.82) is 0 Å². The predicted molar refractivity (Wildman–Crippen MR) is 97.1 cm³/mol. The van der Waals surface area contributed by atoms with Crippen LogP contribution in [0.1, 0.15) is 36.7 Å². The fourth-order valence-corrected chi connectivity index (χ4v) is 3.65. The van der Waals surface area contributed by atoms with Crippen molar-refractivity contribution in [3.8, 4) is 0 Å². The molecule has 0 aliphatic carbocycles. The second-order valence-corrected chi connectivity index (χ2v) is 9.20. The molecule has 2 aromatic rings. The quantitative estimate of drug-likeness (QED) is 0.628. The van der Waals surface area contributed by atoms with Crippen LogP contribution in [-0.2, 0) is 17.9 Å². The first kappa shape index (κ1) is 18.1. The first-order valence-corrected chi connectivity index (χ1v) is 9.34. The molecule has 0 saturated carbocycles. The van der Waals surface area contributed by atoms with Gasteiger partial charge < -0.3 is 4.55 Å². The summed E-state index contributed by atoms with van der Waals surface area (Å²) in [4.78, 5) is 13.1. The highest BCUT2D eigenvalue weighted by Gasteiger charge is 2.26. The predicted octanol–water partition coefficient (Wildman–Crippen LogP) is 4.20. The number of carbonyl (C=O) groups excluding carboxylic acids is 1. The van der Waals surface area contributed by atoms with Gasteiger partial charge in [-0.1, -0.05) is 48.2 Å². The molecule has 3 nitrogen and oxygen atoms in total. The maximum absolute atomic E-state index is 12.2. The Kier molecular flexibility index (Phi) is 6.30. The number of rotatable bonds is 6. The molecule has 1 N–H and O–H groups in total. The SMILES string of the molecule is CC(C)(C)[S+]([O-])NCc1ccccc1Sc1ccccc1C=O. The molecule has 1 atom stereocenters. The molecule has 0 radical (unpaired) electrons. The minimum atomic E-state index is -1.11. The van der Waals surface area contributed by atoms with Gasteiger partial charge in [-0.3, -0.25) is 4.79 Å². The minimum Gasteiger partial charge on any atom is -0.598 e. The van der Waals surface area contributed by atoms with E-state index in [1.54, 1.807) is 11.8 Å². The van der Waals surface area contributed by atoms with Crippen LogP contribution < -0.4 is 4.72 Å². The molecule has 0 aromatic heterocycles. The third-order valence-electron chi connectivity index (χ3n) is 3.19. The first-order valence-electron chi connectivity index (χ1n) is 7.37. The molecule has 122 valence electrons. The van der Waals surface area contributed by atoms with E-state index in [0.717, 1.165) is 21.6 Å². The van der Waals surface area contributed by atoms with Crippen molar-refractivity contribution in [3.63, 3.8) is 0 Å². The van der Waals surface area contributed by atoms with Crippen LogP contribution in [-0.4, -0.2) is 15.6 Å². The van der Waals surface area contributed by atoms with Crippen LogP contribution in [0.15, 0.2) is 58.3 Å². The van der Waals surface area contributed by atoms with Crippen LogP contribution in [0.4, 0.5) is 0 Å². The smallest absolute Gasteiger partial charge is 0.151 e. The lowest BCUT2D eigenvalue weighted by Crippen LogP contribution is -2.39. The largest absolute Gasteiger partial charge is 0.598 e. The van der Waals surface area contributed by atoms with Gasteiger partial charge >= 0.3 is 0 Å². The number of hydrogen-bond donors (Lipinski definition) is 1. The number of carbonyl (C=O) groups is 1. The van der Waals surface area contributed by atoms with Gasteiger partial charge in [-0.25, -0.2) is 0 Å². The normalized spacial score (nSPS) is 12.9. The summed E-state index contributed by atoms with van der Waals surface area (Å²) in [5, 5.41) is 0. The summed E-state index contributed by atoms with van der Waals surface area (Å²) < 4.78 is 14.9. The van der Waals surface area contributed by atoms with Crippen molar-refractivity contribution in [3.05, 3.63) is 59.7 Å². The van der Waals surface area contributed by atoms with E-state index in [1.165, 1.54) is 0 Å². The van der Waals surface area contributed by atoms with Crippen molar-refractivity contribution in [1.82, 2.24) is 4.72 Å². The summed E-state index contributed by atoms with van der Waals surface area (Å²) in [5.41, 5.74) is 1.74. The van der Waals surface area contributed by atoms with E-state index in [2.05, 4.69) is 4.72 Å². The number of aldehydes is 1. The Morgan fingerprint density at radius 2 is 1.70 bits per heavy atom. The standard InChI is InChI=1S/C18H21NO2S2/c1-18(2,3)23(21)19-12-14-8-4-6-10-16(14)22-17-11-7-5-9-15(17)13-20/h4-11,13,19H,12H2,1-3H3. The molecule has 0 aliphatic heterocycles. The summed E-state index contributed by atoms with van der Waals surface area (Å²) in [5.74, 6) is 0. The second kappa shape index (κ2) is 8.02. The zero-order valence-corrected chi connectivity index (χ0v) is 15.2. The Morgan fingerprint density at radius 3 is 2.35 bits per heavy atom. The van der Waals surface area contributed by atoms with Crippen LogP contribution in [0, 0.1) is 0 Å². The van der Waals surface area contributed by atoms with Gasteiger partial charge in [-0.05, 0) is 38.5 Å². The fourth-order valence-electron chi connectivity index (χ4n) is 1.90. The number of nitrogens with one attached hydrogen (secondary N) is 1. The molecule has 0 aliphatic rings. The van der Waals surface area contributed by atoms with E-state index in [0.29, 0.717) is 12.1 Å². The van der Waals surface area contributed by atoms with Gasteiger partial charge in [0.25, 0.3) is 0 Å². The molecule has 0 bridgehead atoms. The van der Waals surface area contributed by atoms with Crippen molar-refractivity contribution in [2.24, 2.45) is 0 Å². The van der Waals surface area contributed by atoms with Gasteiger partial charge in [0.2, 0.25) is 0 Å². The Labute approximate surface area is 145 Å². The number of benzene rings is 2. The lowest BCUT2D eigenvalue weighted by Gasteiger charge is -2.24. The fraction of sp³-hybridized carbons (Fsp3) is 0.278. The average molecular weight is 348 g/mol. The Balaban J connectivity index is 2.16. The molecule has 2 rings (SSSR count). The maximum atomic E-state index is 12.2. The molecule has 5 heteroatoms. The highest BCUT2D eigenvalue weighted by molar-refractivity contribution is 7.99. The van der Waals surface area contributed by atoms with Gasteiger partial charge in [-0.15, -0.1) is 4.72 Å². The summed E-state index contributed by atoms with van der Waals surface area (Å²) >= 11 is 0.440. The van der Waals surface area contributed by atoms with Gasteiger partial charge in [-0.2, -0.15) is 0 Å². The molecule has 0 saturated heterocycles. The van der Waals surface area contributed by atoms with Gasteiger partial charge in [0, 0.05) is 26.7 Å². The van der Waals surface area contributed by atoms with Crippen LogP contribution in [0.2, 0.25) is 0 Å². The lowest BCUT2D eigenvalue weighted by atomic mass is 10.2. The number of hydrogen-bond acceptors (Lipinski definition) is 4. The maximum Gasteiger partial charge on any atom is 0.151 e. The highest BCUT2D eigenvalue weighted by atomic mass is 32.2. The molecular formula is C18H21NO2S2. The van der Waals surface area contributed by atoms with Crippen LogP contribution >= 0.6 is 11.8 Å². The third kappa shape index (κ3) is 5.11. The van der Waals surface area contributed by atoms with Crippen LogP contribution in [0.3, 0.4) is 0 Å². The van der Waals surface area contributed by atoms with E-state index in [-0.39, 0.29) is 4.75 Å². The molecule has 1 unspecified atom stereocenters. The molecule has 0 fully saturated rings. The molecule has 0 spiro atoms. The van der Waals surface area contributed by atoms with Crippen LogP contribution in [0.25, 0.3) is 0 Å². The second-order valence-electron chi connectivity index (χ2n) is 6.07. The van der Waals surface area contributed by atoms with Crippen molar-refractivity contribution >= 4 is 29.4 Å². The minimum absolute atomic E-state index is 0.299. The molecular weight excluding hydrogens is 326 g/mol. The van der Waals surface area contributed by atoms with Crippen LogP contribution in [0.5, 0.6) is 0 Å². The first-order chi connectivity index (χ1) is 10.9. The Hall–Kier alpha value is -1.27. The summed E-state index contributed by atoms with van der Waals surface area (Å²) in [7, 11) is 0. The third-order valence-corrected chi connectivity index (χ3v) is 5.92. The molecule has 2 aromatic carbocycles. The average Bonchev–Trinajstić information content (AvgIpc) is 2.53. The molecule has 0 amide bonds. The molecule has 0 heterocycles. The highest BCUT2D eigenvalue weighted by Crippen LogP contribution is 2.32. The zero-order valence-electron chi connectivity index (χ0n) is 13.5. The topological polar surface area (TPSA) is 52.2 Å². The van der Waals surface area contributed by atoms with E-state index in [4.69, 9.17) is 0 Å². The van der Waals surface area contributed by atoms with Crippen molar-refractivity contribution in [2.45, 2.75) is 41.9 Å². The van der Waals surface area contributed by atoms with Gasteiger partial charge in [0.1, 0.15) is 4.75 Å². The van der Waals surface area contributed by atoms with Crippen molar-refractivity contribution in [2.75, 3.05) is 0 Å². The Morgan fingerprint density at radius 1 is 1.09 bits per heavy atom. The van der Waals surface area contributed by atoms with E-state index in [9.17, 15) is 9.35 Å². The van der Waals surface area contributed by atoms with Gasteiger partial charge in [0.15, 0.2) is 6.29 Å². The Bertz CT molecular complexity index is 668. The van der Waals surface area contributed by atoms with E-state index >= 15 is 0 Å². The summed E-state index contributed by atoms with van der Waals surface area (Å²) in [6.45, 7) is 6.35. The molecule has 23 heavy (non-hydrogen) atoms.